The van der Waals surface area contributed by atoms with E-state index in [1.807, 2.05) is 0 Å². The molecule has 1 aliphatic rings. The van der Waals surface area contributed by atoms with Crippen LogP contribution in [0.2, 0.25) is 0 Å². The molecular weight excluding hydrogens is 1520 g/mol. The normalized spacial score (nSPS) is 11.4. The molecule has 0 saturated heterocycles. The van der Waals surface area contributed by atoms with E-state index in [0.717, 1.165) is 35.7 Å². The summed E-state index contributed by atoms with van der Waals surface area (Å²) in [5.74, 6) is 2.43. The highest BCUT2D eigenvalue weighted by Crippen LogP contribution is 2.52. The molecule has 1 atom stereocenters. The third-order valence-corrected chi connectivity index (χ3v) is 23.5. The quantitative estimate of drug-likeness (QED) is 0.0711. The molecule has 0 aromatic heterocycles. The second-order valence-electron chi connectivity index (χ2n) is 35.4. The van der Waals surface area contributed by atoms with Gasteiger partial charge in [-0.15, -0.1) is 0 Å². The number of unbranched alkanes of at least 4 members (excludes halogenated alkanes) is 2. The highest BCUT2D eigenvalue weighted by atomic mass is 16.5. The van der Waals surface area contributed by atoms with Crippen LogP contribution in [0.5, 0.6) is 11.5 Å². The first kappa shape index (κ1) is 91.3. The molecule has 0 bridgehead atoms. The zero-order valence-electron chi connectivity index (χ0n) is 78.0. The molecule has 1 unspecified atom stereocenters. The SMILES string of the molecule is CCC(C)c1ccc(N(c2ccc(C)cc2)c2ccc(C)cc2)cc1.CCCCc1ccc(N(c2ccc(C)cc2)c2ccc(C)cc2)cc1.CCCCc1ccc(N2c3ccc(C)cc3Oc3cc(C)ccc32)cc1.Cc1ccc(N(c2ccc(C)cc2)c2c(C)cc(C(C)(C)C)cc2C)cc1.Cc1ccc(N(c2ccc(C)cc2)c2ccc(C)cc2)cc1. The lowest BCUT2D eigenvalue weighted by molar-refractivity contribution is 0.476. The van der Waals surface area contributed by atoms with Crippen molar-refractivity contribution in [2.75, 3.05) is 24.5 Å². The maximum absolute atomic E-state index is 6.23. The molecule has 125 heavy (non-hydrogen) atoms. The summed E-state index contributed by atoms with van der Waals surface area (Å²) < 4.78 is 6.23. The second-order valence-corrected chi connectivity index (χ2v) is 35.4. The van der Waals surface area contributed by atoms with E-state index >= 15 is 0 Å². The molecule has 16 rings (SSSR count). The second kappa shape index (κ2) is 42.9. The molecule has 6 nitrogen and oxygen atoms in total. The van der Waals surface area contributed by atoms with Crippen LogP contribution in [-0.2, 0) is 18.3 Å². The minimum absolute atomic E-state index is 0.145. The van der Waals surface area contributed by atoms with E-state index in [2.05, 4.69) is 503 Å². The van der Waals surface area contributed by atoms with Crippen LogP contribution in [0.3, 0.4) is 0 Å². The van der Waals surface area contributed by atoms with Gasteiger partial charge in [0.05, 0.1) is 17.1 Å². The largest absolute Gasteiger partial charge is 0.453 e. The first-order valence-electron chi connectivity index (χ1n) is 45.1. The summed E-state index contributed by atoms with van der Waals surface area (Å²) in [5.41, 5.74) is 40.0. The van der Waals surface area contributed by atoms with Crippen molar-refractivity contribution in [2.45, 2.75) is 195 Å². The molecule has 0 radical (unpaired) electrons. The van der Waals surface area contributed by atoms with Crippen LogP contribution in [0.25, 0.3) is 0 Å². The van der Waals surface area contributed by atoms with Gasteiger partial charge in [-0.1, -0.05) is 281 Å². The van der Waals surface area contributed by atoms with Crippen molar-refractivity contribution in [3.05, 3.63) is 434 Å². The Balaban J connectivity index is 0.000000142. The maximum Gasteiger partial charge on any atom is 0.151 e. The van der Waals surface area contributed by atoms with Crippen LogP contribution in [-0.4, -0.2) is 0 Å². The van der Waals surface area contributed by atoms with Gasteiger partial charge in [0.2, 0.25) is 0 Å². The Morgan fingerprint density at radius 2 is 0.504 bits per heavy atom. The number of fused-ring (bicyclic) bond motifs is 2. The van der Waals surface area contributed by atoms with E-state index in [1.165, 1.54) is 201 Å². The molecule has 0 aliphatic carbocycles. The third kappa shape index (κ3) is 24.3. The average molecular weight is 1650 g/mol. The number of benzene rings is 15. The molecule has 0 fully saturated rings. The number of anilines is 15. The number of ether oxygens (including phenoxy) is 1. The van der Waals surface area contributed by atoms with Gasteiger partial charge in [0, 0.05) is 68.2 Å². The Morgan fingerprint density at radius 1 is 0.272 bits per heavy atom. The number of aryl methyl sites for hydroxylation is 15. The fraction of sp³-hybridized carbons (Fsp3) is 0.244. The van der Waals surface area contributed by atoms with E-state index in [4.69, 9.17) is 4.74 Å². The van der Waals surface area contributed by atoms with Gasteiger partial charge in [-0.05, 0) is 348 Å². The monoisotopic (exact) mass is 1650 g/mol. The Bertz CT molecular complexity index is 5570. The van der Waals surface area contributed by atoms with Crippen molar-refractivity contribution in [2.24, 2.45) is 0 Å². The van der Waals surface area contributed by atoms with Gasteiger partial charge < -0.3 is 29.2 Å². The van der Waals surface area contributed by atoms with E-state index in [-0.39, 0.29) is 5.41 Å². The van der Waals surface area contributed by atoms with E-state index in [1.54, 1.807) is 0 Å². The molecule has 638 valence electrons. The van der Waals surface area contributed by atoms with Crippen LogP contribution in [0, 0.1) is 90.0 Å². The highest BCUT2D eigenvalue weighted by Gasteiger charge is 2.27. The minimum Gasteiger partial charge on any atom is -0.453 e. The summed E-state index contributed by atoms with van der Waals surface area (Å²) in [4.78, 5) is 11.6. The van der Waals surface area contributed by atoms with Gasteiger partial charge in [0.15, 0.2) is 11.5 Å². The van der Waals surface area contributed by atoms with E-state index in [9.17, 15) is 0 Å². The fourth-order valence-corrected chi connectivity index (χ4v) is 15.6. The van der Waals surface area contributed by atoms with Crippen LogP contribution in [0.4, 0.5) is 85.3 Å². The average Bonchev–Trinajstić information content (AvgIpc) is 0.757. The van der Waals surface area contributed by atoms with Crippen LogP contribution in [0.15, 0.2) is 340 Å². The molecule has 0 amide bonds. The summed E-state index contributed by atoms with van der Waals surface area (Å²) in [6, 6.07) is 123. The van der Waals surface area contributed by atoms with Crippen molar-refractivity contribution < 1.29 is 4.74 Å². The Morgan fingerprint density at radius 3 is 0.752 bits per heavy atom. The first-order chi connectivity index (χ1) is 60.2. The summed E-state index contributed by atoms with van der Waals surface area (Å²) in [5, 5.41) is 0. The predicted octanol–water partition coefficient (Wildman–Crippen LogP) is 35.4. The molecular formula is C119H131N5O. The molecule has 15 aromatic rings. The lowest BCUT2D eigenvalue weighted by Crippen LogP contribution is -2.16. The van der Waals surface area contributed by atoms with E-state index in [0.29, 0.717) is 5.92 Å². The van der Waals surface area contributed by atoms with Crippen LogP contribution < -0.4 is 29.2 Å². The zero-order valence-corrected chi connectivity index (χ0v) is 78.0. The van der Waals surface area contributed by atoms with Gasteiger partial charge in [-0.25, -0.2) is 0 Å². The third-order valence-electron chi connectivity index (χ3n) is 23.5. The van der Waals surface area contributed by atoms with Gasteiger partial charge in [-0.2, -0.15) is 0 Å². The molecule has 0 N–H and O–H groups in total. The fourth-order valence-electron chi connectivity index (χ4n) is 15.6. The summed E-state index contributed by atoms with van der Waals surface area (Å²) in [6.07, 6.45) is 8.42. The smallest absolute Gasteiger partial charge is 0.151 e. The van der Waals surface area contributed by atoms with Gasteiger partial charge in [0.1, 0.15) is 0 Å². The van der Waals surface area contributed by atoms with E-state index < -0.39 is 0 Å². The molecule has 0 saturated carbocycles. The van der Waals surface area contributed by atoms with Crippen molar-refractivity contribution in [1.82, 2.24) is 0 Å². The molecule has 6 heteroatoms. The number of hydrogen-bond acceptors (Lipinski definition) is 6. The molecule has 1 heterocycles. The van der Waals surface area contributed by atoms with Crippen LogP contribution in [0.1, 0.15) is 181 Å². The highest BCUT2D eigenvalue weighted by molar-refractivity contribution is 5.88. The Kier molecular flexibility index (Phi) is 31.4. The van der Waals surface area contributed by atoms with Crippen molar-refractivity contribution in [3.63, 3.8) is 0 Å². The summed E-state index contributed by atoms with van der Waals surface area (Å²) in [7, 11) is 0. The lowest BCUT2D eigenvalue weighted by Gasteiger charge is -2.33. The zero-order chi connectivity index (χ0) is 88.8. The number of nitrogens with zero attached hydrogens (tertiary/aromatic N) is 5. The van der Waals surface area contributed by atoms with Gasteiger partial charge >= 0.3 is 0 Å². The summed E-state index contributed by atoms with van der Waals surface area (Å²) in [6.45, 7) is 43.6. The Hall–Kier alpha value is -12.9. The van der Waals surface area contributed by atoms with Crippen molar-refractivity contribution in [1.29, 1.82) is 0 Å². The number of rotatable bonds is 21. The first-order valence-corrected chi connectivity index (χ1v) is 45.1. The molecule has 0 spiro atoms. The van der Waals surface area contributed by atoms with Crippen molar-refractivity contribution >= 4 is 85.3 Å². The maximum atomic E-state index is 6.23. The predicted molar refractivity (Wildman–Crippen MR) is 542 cm³/mol. The minimum atomic E-state index is 0.145. The van der Waals surface area contributed by atoms with Gasteiger partial charge in [0.25, 0.3) is 0 Å². The Labute approximate surface area is 750 Å². The number of hydrogen-bond donors (Lipinski definition) is 0. The topological polar surface area (TPSA) is 25.4 Å². The summed E-state index contributed by atoms with van der Waals surface area (Å²) >= 11 is 0. The molecule has 15 aromatic carbocycles. The molecule has 1 aliphatic heterocycles. The lowest BCUT2D eigenvalue weighted by atomic mass is 9.84. The van der Waals surface area contributed by atoms with Gasteiger partial charge in [-0.3, -0.25) is 0 Å². The van der Waals surface area contributed by atoms with Crippen molar-refractivity contribution in [3.8, 4) is 11.5 Å². The standard InChI is InChI=1S/C26H31N.C24H25NO.2C24H27N.C21H21N/c1-18-8-12-23(13-9-18)27(24-14-10-19(2)11-15-24)25-20(3)16-22(17-21(25)4)26(5,6)7;1-4-5-6-19-9-11-20(12-10-19)25-21-13-7-17(2)15-23(21)26-24-16-18(3)8-14-22(24)25;1-5-20(4)21-10-16-24(17-11-21)25(22-12-6-18(2)7-13-22)23-14-8-19(3)9-15-23;1-4-5-6-21-11-17-24(18-12-21)25(22-13-7-19(2)8-14-22)23-15-9-20(3)10-16-23;1-16-4-10-19(11-5-16)22(20-12-6-17(2)7-13-20)21-14-8-18(3)9-15-21/h8-17H,1-7H3;7-16H,4-6H2,1-3H3;6-17,20H,5H2,1-4H3;7-18H,4-6H2,1-3H3;4-15H,1-3H3. The van der Waals surface area contributed by atoms with Crippen LogP contribution >= 0.6 is 0 Å².